The monoisotopic (exact) mass is 267 g/mol. The molecule has 0 bridgehead atoms. The fourth-order valence-electron chi connectivity index (χ4n) is 2.39. The molecule has 0 aliphatic heterocycles. The molecule has 100 valence electrons. The van der Waals surface area contributed by atoms with Crippen LogP contribution in [0.25, 0.3) is 0 Å². The highest BCUT2D eigenvalue weighted by molar-refractivity contribution is 7.09. The van der Waals surface area contributed by atoms with Crippen molar-refractivity contribution in [2.24, 2.45) is 5.73 Å². The maximum atomic E-state index is 12.1. The summed E-state index contributed by atoms with van der Waals surface area (Å²) in [7, 11) is 0. The van der Waals surface area contributed by atoms with Crippen molar-refractivity contribution in [1.82, 2.24) is 10.3 Å². The molecule has 1 aliphatic rings. The van der Waals surface area contributed by atoms with Crippen LogP contribution in [-0.2, 0) is 11.2 Å². The van der Waals surface area contributed by atoms with Crippen molar-refractivity contribution in [3.8, 4) is 0 Å². The van der Waals surface area contributed by atoms with Gasteiger partial charge in [-0.05, 0) is 19.8 Å². The maximum Gasteiger partial charge on any atom is 0.240 e. The van der Waals surface area contributed by atoms with Gasteiger partial charge in [0.25, 0.3) is 0 Å². The Balaban J connectivity index is 1.77. The number of hydrogen-bond donors (Lipinski definition) is 2. The molecule has 18 heavy (non-hydrogen) atoms. The van der Waals surface area contributed by atoms with E-state index in [1.54, 1.807) is 11.3 Å². The van der Waals surface area contributed by atoms with Crippen molar-refractivity contribution < 1.29 is 4.79 Å². The molecule has 0 radical (unpaired) electrons. The topological polar surface area (TPSA) is 68.0 Å². The van der Waals surface area contributed by atoms with E-state index in [1.807, 2.05) is 12.3 Å². The average Bonchev–Trinajstić information content (AvgIpc) is 2.76. The van der Waals surface area contributed by atoms with Crippen LogP contribution in [0, 0.1) is 6.92 Å². The standard InChI is InChI=1S/C13H21N3OS/c1-10-9-18-11(16-10)5-8-15-12(17)13(14)6-3-2-4-7-13/h9H,2-8,14H2,1H3,(H,15,17). The lowest BCUT2D eigenvalue weighted by Crippen LogP contribution is -2.55. The highest BCUT2D eigenvalue weighted by Crippen LogP contribution is 2.25. The molecule has 2 rings (SSSR count). The fraction of sp³-hybridized carbons (Fsp3) is 0.692. The van der Waals surface area contributed by atoms with E-state index in [2.05, 4.69) is 10.3 Å². The molecule has 1 saturated carbocycles. The van der Waals surface area contributed by atoms with Crippen LogP contribution in [0.15, 0.2) is 5.38 Å². The molecule has 3 N–H and O–H groups in total. The minimum absolute atomic E-state index is 0.00970. The number of aromatic nitrogens is 1. The molecule has 1 aliphatic carbocycles. The summed E-state index contributed by atoms with van der Waals surface area (Å²) in [6.07, 6.45) is 5.75. The molecule has 1 fully saturated rings. The summed E-state index contributed by atoms with van der Waals surface area (Å²) in [5.74, 6) is 0.00970. The number of carbonyl (C=O) groups is 1. The lowest BCUT2D eigenvalue weighted by Gasteiger charge is -2.31. The Hall–Kier alpha value is -0.940. The molecule has 0 atom stereocenters. The third-order valence-corrected chi connectivity index (χ3v) is 4.52. The number of carbonyl (C=O) groups excluding carboxylic acids is 1. The van der Waals surface area contributed by atoms with Crippen LogP contribution < -0.4 is 11.1 Å². The van der Waals surface area contributed by atoms with Crippen molar-refractivity contribution in [3.05, 3.63) is 16.1 Å². The molecule has 1 heterocycles. The maximum absolute atomic E-state index is 12.1. The first kappa shape index (κ1) is 13.5. The first-order valence-corrected chi connectivity index (χ1v) is 7.46. The van der Waals surface area contributed by atoms with Gasteiger partial charge in [0, 0.05) is 24.0 Å². The summed E-state index contributed by atoms with van der Waals surface area (Å²) < 4.78 is 0. The van der Waals surface area contributed by atoms with E-state index in [-0.39, 0.29) is 5.91 Å². The van der Waals surface area contributed by atoms with Gasteiger partial charge in [-0.1, -0.05) is 19.3 Å². The van der Waals surface area contributed by atoms with E-state index in [9.17, 15) is 4.79 Å². The predicted molar refractivity (Wildman–Crippen MR) is 73.6 cm³/mol. The Morgan fingerprint density at radius 3 is 2.83 bits per heavy atom. The molecule has 0 spiro atoms. The summed E-state index contributed by atoms with van der Waals surface area (Å²) in [5.41, 5.74) is 6.58. The minimum Gasteiger partial charge on any atom is -0.354 e. The van der Waals surface area contributed by atoms with E-state index < -0.39 is 5.54 Å². The Labute approximate surface area is 112 Å². The predicted octanol–water partition coefficient (Wildman–Crippen LogP) is 1.77. The fourth-order valence-corrected chi connectivity index (χ4v) is 3.16. The van der Waals surface area contributed by atoms with Crippen molar-refractivity contribution >= 4 is 17.2 Å². The normalized spacial score (nSPS) is 18.6. The van der Waals surface area contributed by atoms with Gasteiger partial charge in [0.05, 0.1) is 10.5 Å². The summed E-state index contributed by atoms with van der Waals surface area (Å²) in [6, 6.07) is 0. The van der Waals surface area contributed by atoms with Gasteiger partial charge in [0.2, 0.25) is 5.91 Å². The number of nitrogens with one attached hydrogen (secondary N) is 1. The third-order valence-electron chi connectivity index (χ3n) is 3.49. The van der Waals surface area contributed by atoms with Gasteiger partial charge in [0.15, 0.2) is 0 Å². The number of thiazole rings is 1. The van der Waals surface area contributed by atoms with Crippen LogP contribution in [0.1, 0.15) is 42.8 Å². The third kappa shape index (κ3) is 3.29. The first-order chi connectivity index (χ1) is 8.60. The summed E-state index contributed by atoms with van der Waals surface area (Å²) in [6.45, 7) is 2.61. The van der Waals surface area contributed by atoms with Crippen LogP contribution in [0.5, 0.6) is 0 Å². The van der Waals surface area contributed by atoms with Gasteiger partial charge < -0.3 is 11.1 Å². The molecule has 1 amide bonds. The lowest BCUT2D eigenvalue weighted by atomic mass is 9.82. The second-order valence-electron chi connectivity index (χ2n) is 5.11. The van der Waals surface area contributed by atoms with Crippen molar-refractivity contribution in [2.75, 3.05) is 6.54 Å². The van der Waals surface area contributed by atoms with E-state index >= 15 is 0 Å². The largest absolute Gasteiger partial charge is 0.354 e. The molecule has 1 aromatic heterocycles. The van der Waals surface area contributed by atoms with Gasteiger partial charge in [-0.2, -0.15) is 0 Å². The van der Waals surface area contributed by atoms with Crippen LogP contribution in [0.2, 0.25) is 0 Å². The molecule has 0 aromatic carbocycles. The van der Waals surface area contributed by atoms with Crippen molar-refractivity contribution in [1.29, 1.82) is 0 Å². The molecule has 0 unspecified atom stereocenters. The zero-order valence-corrected chi connectivity index (χ0v) is 11.7. The summed E-state index contributed by atoms with van der Waals surface area (Å²) in [4.78, 5) is 16.4. The quantitative estimate of drug-likeness (QED) is 0.873. The number of rotatable bonds is 4. The molecule has 5 heteroatoms. The average molecular weight is 267 g/mol. The smallest absolute Gasteiger partial charge is 0.240 e. The number of nitrogens with zero attached hydrogens (tertiary/aromatic N) is 1. The van der Waals surface area contributed by atoms with Gasteiger partial charge >= 0.3 is 0 Å². The highest BCUT2D eigenvalue weighted by Gasteiger charge is 2.34. The molecular weight excluding hydrogens is 246 g/mol. The number of aryl methyl sites for hydroxylation is 1. The van der Waals surface area contributed by atoms with E-state index in [1.165, 1.54) is 6.42 Å². The second-order valence-corrected chi connectivity index (χ2v) is 6.05. The van der Waals surface area contributed by atoms with Gasteiger partial charge in [-0.3, -0.25) is 4.79 Å². The Kier molecular flexibility index (Phi) is 4.35. The SMILES string of the molecule is Cc1csc(CCNC(=O)C2(N)CCCCC2)n1. The Bertz CT molecular complexity index is 410. The van der Waals surface area contributed by atoms with Crippen LogP contribution in [-0.4, -0.2) is 23.0 Å². The minimum atomic E-state index is -0.628. The van der Waals surface area contributed by atoms with Gasteiger partial charge in [-0.25, -0.2) is 4.98 Å². The summed E-state index contributed by atoms with van der Waals surface area (Å²) in [5, 5.41) is 6.06. The lowest BCUT2D eigenvalue weighted by molar-refractivity contribution is -0.127. The number of amides is 1. The Morgan fingerprint density at radius 1 is 1.50 bits per heavy atom. The summed E-state index contributed by atoms with van der Waals surface area (Å²) >= 11 is 1.64. The van der Waals surface area contributed by atoms with Gasteiger partial charge in [0.1, 0.15) is 0 Å². The molecular formula is C13H21N3OS. The van der Waals surface area contributed by atoms with E-state index in [0.717, 1.165) is 42.8 Å². The zero-order valence-electron chi connectivity index (χ0n) is 10.9. The number of hydrogen-bond acceptors (Lipinski definition) is 4. The first-order valence-electron chi connectivity index (χ1n) is 6.58. The number of nitrogens with two attached hydrogens (primary N) is 1. The van der Waals surface area contributed by atoms with E-state index in [4.69, 9.17) is 5.73 Å². The highest BCUT2D eigenvalue weighted by atomic mass is 32.1. The van der Waals surface area contributed by atoms with Gasteiger partial charge in [-0.15, -0.1) is 11.3 Å². The second kappa shape index (κ2) is 5.80. The van der Waals surface area contributed by atoms with Crippen molar-refractivity contribution in [3.63, 3.8) is 0 Å². The Morgan fingerprint density at radius 2 is 2.22 bits per heavy atom. The van der Waals surface area contributed by atoms with Crippen LogP contribution in [0.3, 0.4) is 0 Å². The van der Waals surface area contributed by atoms with Crippen LogP contribution in [0.4, 0.5) is 0 Å². The van der Waals surface area contributed by atoms with Crippen molar-refractivity contribution in [2.45, 2.75) is 51.0 Å². The molecule has 4 nitrogen and oxygen atoms in total. The zero-order chi connectivity index (χ0) is 13.0. The van der Waals surface area contributed by atoms with Crippen LogP contribution >= 0.6 is 11.3 Å². The molecule has 1 aromatic rings. The molecule has 0 saturated heterocycles. The van der Waals surface area contributed by atoms with E-state index in [0.29, 0.717) is 6.54 Å².